The lowest BCUT2D eigenvalue weighted by molar-refractivity contribution is 0.0136. The molecule has 4 rings (SSSR count). The van der Waals surface area contributed by atoms with Crippen molar-refractivity contribution in [2.24, 2.45) is 0 Å². The zero-order valence-corrected chi connectivity index (χ0v) is 18.1. The largest absolute Gasteiger partial charge is 0.449 e. The Morgan fingerprint density at radius 3 is 2.44 bits per heavy atom. The van der Waals surface area contributed by atoms with Crippen molar-refractivity contribution in [1.29, 1.82) is 0 Å². The molecule has 1 aliphatic rings. The second-order valence-electron chi connectivity index (χ2n) is 8.09. The molecule has 7 heteroatoms. The topological polar surface area (TPSA) is 96.6 Å². The van der Waals surface area contributed by atoms with Gasteiger partial charge in [-0.3, -0.25) is 4.68 Å². The van der Waals surface area contributed by atoms with Crippen LogP contribution in [0.2, 0.25) is 0 Å². The van der Waals surface area contributed by atoms with E-state index in [9.17, 15) is 15.0 Å². The third-order valence-corrected chi connectivity index (χ3v) is 5.87. The van der Waals surface area contributed by atoms with Crippen molar-refractivity contribution in [3.63, 3.8) is 0 Å². The first-order valence-electron chi connectivity index (χ1n) is 11.1. The van der Waals surface area contributed by atoms with E-state index in [1.807, 2.05) is 31.2 Å². The van der Waals surface area contributed by atoms with Crippen LogP contribution in [0.1, 0.15) is 48.5 Å². The highest BCUT2D eigenvalue weighted by molar-refractivity contribution is 5.79. The van der Waals surface area contributed by atoms with Crippen LogP contribution in [0.25, 0.3) is 11.1 Å². The molecule has 32 heavy (non-hydrogen) atoms. The van der Waals surface area contributed by atoms with E-state index in [1.54, 1.807) is 17.1 Å². The predicted octanol–water partition coefficient (Wildman–Crippen LogP) is 3.62. The van der Waals surface area contributed by atoms with Crippen molar-refractivity contribution in [2.75, 3.05) is 13.2 Å². The van der Waals surface area contributed by atoms with Crippen molar-refractivity contribution in [1.82, 2.24) is 15.1 Å². The first-order valence-corrected chi connectivity index (χ1v) is 11.1. The molecule has 1 heterocycles. The molecule has 0 radical (unpaired) electrons. The molecule has 0 saturated heterocycles. The van der Waals surface area contributed by atoms with Crippen LogP contribution in [0.5, 0.6) is 0 Å². The lowest BCUT2D eigenvalue weighted by Crippen LogP contribution is -2.30. The summed E-state index contributed by atoms with van der Waals surface area (Å²) in [7, 11) is 0. The Morgan fingerprint density at radius 2 is 1.78 bits per heavy atom. The first-order chi connectivity index (χ1) is 15.6. The Hall–Kier alpha value is -3.16. The maximum atomic E-state index is 12.2. The minimum absolute atomic E-state index is 0.000204. The number of carbonyl (C=O) groups is 1. The summed E-state index contributed by atoms with van der Waals surface area (Å²) >= 11 is 0. The molecule has 0 saturated carbocycles. The van der Waals surface area contributed by atoms with E-state index in [0.29, 0.717) is 5.56 Å². The molecule has 7 nitrogen and oxygen atoms in total. The van der Waals surface area contributed by atoms with Gasteiger partial charge in [-0.15, -0.1) is 0 Å². The average molecular weight is 436 g/mol. The van der Waals surface area contributed by atoms with Gasteiger partial charge in [-0.05, 0) is 35.1 Å². The summed E-state index contributed by atoms with van der Waals surface area (Å²) in [6.07, 6.45) is 1.82. The van der Waals surface area contributed by atoms with Gasteiger partial charge in [-0.2, -0.15) is 5.10 Å². The van der Waals surface area contributed by atoms with Crippen LogP contribution in [0, 0.1) is 0 Å². The zero-order valence-electron chi connectivity index (χ0n) is 18.1. The number of ether oxygens (including phenoxy) is 1. The van der Waals surface area contributed by atoms with Crippen molar-refractivity contribution in [3.8, 4) is 11.1 Å². The van der Waals surface area contributed by atoms with Crippen LogP contribution in [0.4, 0.5) is 4.79 Å². The SMILES string of the molecule is CCCn1cc(C(O)C(O)CCNC(=O)OCC2c3ccccc3-c3ccccc32)cn1. The van der Waals surface area contributed by atoms with Gasteiger partial charge in [0.25, 0.3) is 0 Å². The lowest BCUT2D eigenvalue weighted by atomic mass is 9.98. The number of fused-ring (bicyclic) bond motifs is 3. The molecule has 3 aromatic rings. The Balaban J connectivity index is 1.26. The van der Waals surface area contributed by atoms with Crippen molar-refractivity contribution < 1.29 is 19.7 Å². The summed E-state index contributed by atoms with van der Waals surface area (Å²) in [4.78, 5) is 12.2. The highest BCUT2D eigenvalue weighted by atomic mass is 16.5. The van der Waals surface area contributed by atoms with E-state index in [-0.39, 0.29) is 25.5 Å². The predicted molar refractivity (Wildman–Crippen MR) is 121 cm³/mol. The Bertz CT molecular complexity index is 1020. The molecule has 3 N–H and O–H groups in total. The molecule has 1 aliphatic carbocycles. The van der Waals surface area contributed by atoms with Crippen LogP contribution >= 0.6 is 0 Å². The molecular formula is C25H29N3O4. The van der Waals surface area contributed by atoms with Crippen molar-refractivity contribution in [2.45, 2.75) is 44.4 Å². The van der Waals surface area contributed by atoms with Gasteiger partial charge in [0.1, 0.15) is 12.7 Å². The average Bonchev–Trinajstić information content (AvgIpc) is 3.40. The fourth-order valence-electron chi connectivity index (χ4n) is 4.24. The number of alkyl carbamates (subject to hydrolysis) is 1. The molecule has 1 amide bonds. The number of aliphatic hydroxyl groups excluding tert-OH is 2. The third-order valence-electron chi connectivity index (χ3n) is 5.87. The van der Waals surface area contributed by atoms with Gasteiger partial charge in [0, 0.05) is 30.8 Å². The van der Waals surface area contributed by atoms with Crippen molar-refractivity contribution >= 4 is 6.09 Å². The number of hydrogen-bond acceptors (Lipinski definition) is 5. The van der Waals surface area contributed by atoms with Crippen LogP contribution in [-0.4, -0.2) is 45.3 Å². The van der Waals surface area contributed by atoms with Gasteiger partial charge in [-0.1, -0.05) is 55.5 Å². The summed E-state index contributed by atoms with van der Waals surface area (Å²) in [6.45, 7) is 3.23. The molecule has 1 aromatic heterocycles. The molecule has 0 fully saturated rings. The summed E-state index contributed by atoms with van der Waals surface area (Å²) < 4.78 is 7.23. The van der Waals surface area contributed by atoms with Crippen LogP contribution < -0.4 is 5.32 Å². The van der Waals surface area contributed by atoms with E-state index in [2.05, 4.69) is 34.7 Å². The number of rotatable bonds is 9. The number of carbonyl (C=O) groups excluding carboxylic acids is 1. The second-order valence-corrected chi connectivity index (χ2v) is 8.09. The maximum absolute atomic E-state index is 12.2. The Labute approximate surface area is 187 Å². The smallest absolute Gasteiger partial charge is 0.407 e. The molecule has 168 valence electrons. The van der Waals surface area contributed by atoms with E-state index >= 15 is 0 Å². The van der Waals surface area contributed by atoms with Crippen LogP contribution in [-0.2, 0) is 11.3 Å². The van der Waals surface area contributed by atoms with Gasteiger partial charge in [0.15, 0.2) is 0 Å². The van der Waals surface area contributed by atoms with E-state index < -0.39 is 18.3 Å². The fraction of sp³-hybridized carbons (Fsp3) is 0.360. The molecule has 2 unspecified atom stereocenters. The molecule has 2 atom stereocenters. The van der Waals surface area contributed by atoms with Gasteiger partial charge in [0.2, 0.25) is 0 Å². The Morgan fingerprint density at radius 1 is 1.12 bits per heavy atom. The maximum Gasteiger partial charge on any atom is 0.407 e. The summed E-state index contributed by atoms with van der Waals surface area (Å²) in [5.74, 6) is 0.000204. The van der Waals surface area contributed by atoms with Crippen LogP contribution in [0.3, 0.4) is 0 Å². The summed E-state index contributed by atoms with van der Waals surface area (Å²) in [6, 6.07) is 16.3. The lowest BCUT2D eigenvalue weighted by Gasteiger charge is -2.17. The number of nitrogens with one attached hydrogen (secondary N) is 1. The minimum Gasteiger partial charge on any atom is -0.449 e. The first kappa shape index (κ1) is 22.0. The van der Waals surface area contributed by atoms with Gasteiger partial charge in [-0.25, -0.2) is 4.79 Å². The Kier molecular flexibility index (Phi) is 6.87. The van der Waals surface area contributed by atoms with Gasteiger partial charge < -0.3 is 20.3 Å². The molecule has 2 aromatic carbocycles. The van der Waals surface area contributed by atoms with Gasteiger partial charge >= 0.3 is 6.09 Å². The number of hydrogen-bond donors (Lipinski definition) is 3. The zero-order chi connectivity index (χ0) is 22.5. The fourth-order valence-corrected chi connectivity index (χ4v) is 4.24. The highest BCUT2D eigenvalue weighted by Crippen LogP contribution is 2.44. The quantitative estimate of drug-likeness (QED) is 0.477. The molecule has 0 spiro atoms. The number of aromatic nitrogens is 2. The van der Waals surface area contributed by atoms with Gasteiger partial charge in [0.05, 0.1) is 12.3 Å². The highest BCUT2D eigenvalue weighted by Gasteiger charge is 2.29. The van der Waals surface area contributed by atoms with E-state index in [1.165, 1.54) is 11.1 Å². The number of benzene rings is 2. The normalized spacial score (nSPS) is 14.5. The standard InChI is InChI=1S/C25H29N3O4/c1-2-13-28-15-17(14-27-28)24(30)23(29)11-12-26-25(31)32-16-22-20-9-5-3-7-18(20)19-8-4-6-10-21(19)22/h3-10,14-15,22-24,29-30H,2,11-13,16H2,1H3,(H,26,31). The van der Waals surface area contributed by atoms with E-state index in [0.717, 1.165) is 24.1 Å². The minimum atomic E-state index is -1.05. The summed E-state index contributed by atoms with van der Waals surface area (Å²) in [5.41, 5.74) is 5.23. The number of amides is 1. The number of aryl methyl sites for hydroxylation is 1. The van der Waals surface area contributed by atoms with E-state index in [4.69, 9.17) is 4.74 Å². The molecular weight excluding hydrogens is 406 g/mol. The number of aliphatic hydroxyl groups is 2. The van der Waals surface area contributed by atoms with Crippen LogP contribution in [0.15, 0.2) is 60.9 Å². The summed E-state index contributed by atoms with van der Waals surface area (Å²) in [5, 5.41) is 27.4. The second kappa shape index (κ2) is 9.97. The number of nitrogens with zero attached hydrogens (tertiary/aromatic N) is 2. The molecule has 0 bridgehead atoms. The molecule has 0 aliphatic heterocycles. The third kappa shape index (κ3) is 4.69. The monoisotopic (exact) mass is 435 g/mol. The van der Waals surface area contributed by atoms with Crippen molar-refractivity contribution in [3.05, 3.63) is 77.6 Å².